The molecule has 102 valence electrons. The standard InChI is InChI=1S/C13H16.C3H8.C2H6/c1-11-6-5-9-13(10-11)12-7-3-2-4-8-12;1-3-2;1-2/h3,5,7-11H,2,4,6H2,1H3;3H2,1-2H3;1-2H3. The average Bonchev–Trinajstić information content (AvgIpc) is 2.43. The number of hydrogen-bond acceptors (Lipinski definition) is 0. The predicted molar refractivity (Wildman–Crippen MR) is 84.8 cm³/mol. The Kier molecular flexibility index (Phi) is 10.4. The molecule has 1 unspecified atom stereocenters. The summed E-state index contributed by atoms with van der Waals surface area (Å²) in [5.74, 6) is 0.705. The summed E-state index contributed by atoms with van der Waals surface area (Å²) < 4.78 is 0. The van der Waals surface area contributed by atoms with Crippen LogP contribution in [0, 0.1) is 5.92 Å². The van der Waals surface area contributed by atoms with Gasteiger partial charge in [0.2, 0.25) is 0 Å². The van der Waals surface area contributed by atoms with Gasteiger partial charge in [0, 0.05) is 0 Å². The lowest BCUT2D eigenvalue weighted by Gasteiger charge is -2.14. The Hall–Kier alpha value is -1.04. The molecule has 0 aromatic rings. The number of hydrogen-bond donors (Lipinski definition) is 0. The van der Waals surface area contributed by atoms with E-state index < -0.39 is 0 Å². The highest BCUT2D eigenvalue weighted by Gasteiger charge is 2.07. The summed E-state index contributed by atoms with van der Waals surface area (Å²) in [6, 6.07) is 0. The van der Waals surface area contributed by atoms with Gasteiger partial charge in [0.1, 0.15) is 0 Å². The van der Waals surface area contributed by atoms with Crippen LogP contribution in [0.4, 0.5) is 0 Å². The van der Waals surface area contributed by atoms with E-state index in [0.717, 1.165) is 0 Å². The first kappa shape index (κ1) is 17.0. The van der Waals surface area contributed by atoms with E-state index in [9.17, 15) is 0 Å². The summed E-state index contributed by atoms with van der Waals surface area (Å²) in [4.78, 5) is 0. The molecule has 0 N–H and O–H groups in total. The highest BCUT2D eigenvalue weighted by atomic mass is 14.1. The van der Waals surface area contributed by atoms with Gasteiger partial charge in [-0.1, -0.05) is 77.5 Å². The molecule has 0 amide bonds. The smallest absolute Gasteiger partial charge is 0.0218 e. The van der Waals surface area contributed by atoms with Gasteiger partial charge in [-0.2, -0.15) is 0 Å². The predicted octanol–water partition coefficient (Wildman–Crippen LogP) is 6.23. The molecular weight excluding hydrogens is 216 g/mol. The quantitative estimate of drug-likeness (QED) is 0.514. The highest BCUT2D eigenvalue weighted by Crippen LogP contribution is 2.25. The van der Waals surface area contributed by atoms with E-state index >= 15 is 0 Å². The summed E-state index contributed by atoms with van der Waals surface area (Å²) in [6.07, 6.45) is 18.6. The Labute approximate surface area is 114 Å². The molecular formula is C18H30. The van der Waals surface area contributed by atoms with Crippen LogP contribution in [0.15, 0.2) is 47.6 Å². The van der Waals surface area contributed by atoms with Crippen LogP contribution in [0.25, 0.3) is 0 Å². The van der Waals surface area contributed by atoms with Crippen LogP contribution >= 0.6 is 0 Å². The average molecular weight is 246 g/mol. The molecule has 0 heterocycles. The fourth-order valence-electron chi connectivity index (χ4n) is 1.86. The van der Waals surface area contributed by atoms with Gasteiger partial charge in [0.05, 0.1) is 0 Å². The molecule has 0 saturated carbocycles. The van der Waals surface area contributed by atoms with Crippen LogP contribution in [0.3, 0.4) is 0 Å². The third-order valence-electron chi connectivity index (χ3n) is 2.60. The Morgan fingerprint density at radius 2 is 1.61 bits per heavy atom. The van der Waals surface area contributed by atoms with Crippen molar-refractivity contribution in [2.75, 3.05) is 0 Å². The van der Waals surface area contributed by atoms with Crippen molar-refractivity contribution in [1.82, 2.24) is 0 Å². The van der Waals surface area contributed by atoms with E-state index in [0.29, 0.717) is 5.92 Å². The van der Waals surface area contributed by atoms with Crippen LogP contribution in [0.5, 0.6) is 0 Å². The number of rotatable bonds is 1. The molecule has 0 fully saturated rings. The SMILES string of the molecule is CC.CC1C=C(C2=CCCC=C2)C=CC1.CCC. The van der Waals surface area contributed by atoms with E-state index in [1.54, 1.807) is 0 Å². The maximum absolute atomic E-state index is 2.38. The van der Waals surface area contributed by atoms with E-state index in [1.165, 1.54) is 36.8 Å². The molecule has 1 atom stereocenters. The molecule has 0 aromatic carbocycles. The second kappa shape index (κ2) is 11.1. The first-order chi connectivity index (χ1) is 8.77. The van der Waals surface area contributed by atoms with Crippen molar-refractivity contribution in [1.29, 1.82) is 0 Å². The lowest BCUT2D eigenvalue weighted by atomic mass is 9.91. The molecule has 0 saturated heterocycles. The zero-order valence-corrected chi connectivity index (χ0v) is 12.9. The van der Waals surface area contributed by atoms with Crippen molar-refractivity contribution < 1.29 is 0 Å². The largest absolute Gasteiger partial charge is 0.0836 e. The molecule has 0 nitrogen and oxygen atoms in total. The van der Waals surface area contributed by atoms with Gasteiger partial charge < -0.3 is 0 Å². The van der Waals surface area contributed by atoms with Gasteiger partial charge >= 0.3 is 0 Å². The zero-order valence-electron chi connectivity index (χ0n) is 12.9. The third kappa shape index (κ3) is 6.64. The lowest BCUT2D eigenvalue weighted by Crippen LogP contribution is -1.97. The van der Waals surface area contributed by atoms with E-state index in [1.807, 2.05) is 13.8 Å². The zero-order chi connectivity index (χ0) is 13.8. The van der Waals surface area contributed by atoms with Gasteiger partial charge in [-0.25, -0.2) is 0 Å². The first-order valence-corrected chi connectivity index (χ1v) is 7.53. The Morgan fingerprint density at radius 3 is 2.11 bits per heavy atom. The minimum absolute atomic E-state index is 0.705. The van der Waals surface area contributed by atoms with Gasteiger partial charge in [0.25, 0.3) is 0 Å². The fourth-order valence-corrected chi connectivity index (χ4v) is 1.86. The van der Waals surface area contributed by atoms with E-state index in [2.05, 4.69) is 57.2 Å². The van der Waals surface area contributed by atoms with Crippen LogP contribution in [0.1, 0.15) is 60.3 Å². The monoisotopic (exact) mass is 246 g/mol. The molecule has 0 aliphatic heterocycles. The molecule has 18 heavy (non-hydrogen) atoms. The van der Waals surface area contributed by atoms with Crippen molar-refractivity contribution in [2.24, 2.45) is 5.92 Å². The van der Waals surface area contributed by atoms with Gasteiger partial charge in [-0.05, 0) is 36.3 Å². The van der Waals surface area contributed by atoms with E-state index in [4.69, 9.17) is 0 Å². The van der Waals surface area contributed by atoms with Gasteiger partial charge in [-0.3, -0.25) is 0 Å². The minimum Gasteiger partial charge on any atom is -0.0836 e. The molecule has 0 radical (unpaired) electrons. The maximum Gasteiger partial charge on any atom is -0.0218 e. The summed E-state index contributed by atoms with van der Waals surface area (Å²) in [5, 5.41) is 0. The first-order valence-electron chi connectivity index (χ1n) is 7.53. The second-order valence-corrected chi connectivity index (χ2v) is 4.58. The van der Waals surface area contributed by atoms with Crippen molar-refractivity contribution in [3.63, 3.8) is 0 Å². The molecule has 0 bridgehead atoms. The molecule has 0 heteroatoms. The fraction of sp³-hybridized carbons (Fsp3) is 0.556. The van der Waals surface area contributed by atoms with Crippen LogP contribution < -0.4 is 0 Å². The molecule has 2 aliphatic carbocycles. The Morgan fingerprint density at radius 1 is 1.00 bits per heavy atom. The van der Waals surface area contributed by atoms with E-state index in [-0.39, 0.29) is 0 Å². The molecule has 0 aromatic heterocycles. The molecule has 2 aliphatic rings. The Balaban J connectivity index is 0.000000509. The van der Waals surface area contributed by atoms with Crippen molar-refractivity contribution in [2.45, 2.75) is 60.3 Å². The highest BCUT2D eigenvalue weighted by molar-refractivity contribution is 5.48. The van der Waals surface area contributed by atoms with Gasteiger partial charge in [0.15, 0.2) is 0 Å². The van der Waals surface area contributed by atoms with Crippen LogP contribution in [0.2, 0.25) is 0 Å². The van der Waals surface area contributed by atoms with Crippen molar-refractivity contribution in [3.8, 4) is 0 Å². The summed E-state index contributed by atoms with van der Waals surface area (Å²) >= 11 is 0. The lowest BCUT2D eigenvalue weighted by molar-refractivity contribution is 0.730. The normalized spacial score (nSPS) is 20.8. The van der Waals surface area contributed by atoms with Gasteiger partial charge in [-0.15, -0.1) is 0 Å². The second-order valence-electron chi connectivity index (χ2n) is 4.58. The molecule has 0 spiro atoms. The third-order valence-corrected chi connectivity index (χ3v) is 2.60. The van der Waals surface area contributed by atoms with Crippen LogP contribution in [-0.2, 0) is 0 Å². The minimum atomic E-state index is 0.705. The maximum atomic E-state index is 2.38. The summed E-state index contributed by atoms with van der Waals surface area (Å²) in [7, 11) is 0. The Bertz CT molecular complexity index is 313. The van der Waals surface area contributed by atoms with Crippen LogP contribution in [-0.4, -0.2) is 0 Å². The van der Waals surface area contributed by atoms with Crippen molar-refractivity contribution in [3.05, 3.63) is 47.6 Å². The number of allylic oxidation sites excluding steroid dienone is 8. The topological polar surface area (TPSA) is 0 Å². The van der Waals surface area contributed by atoms with Crippen molar-refractivity contribution >= 4 is 0 Å². The molecule has 2 rings (SSSR count). The summed E-state index contributed by atoms with van der Waals surface area (Å²) in [5.41, 5.74) is 2.82. The summed E-state index contributed by atoms with van der Waals surface area (Å²) in [6.45, 7) is 10.5.